The second-order valence-corrected chi connectivity index (χ2v) is 14.4. The second-order valence-electron chi connectivity index (χ2n) is 14.4. The Morgan fingerprint density at radius 1 is 0.583 bits per heavy atom. The number of furan rings is 2. The molecule has 6 heterocycles. The second kappa shape index (κ2) is 7.61. The van der Waals surface area contributed by atoms with E-state index in [-0.39, 0.29) is 12.3 Å². The van der Waals surface area contributed by atoms with Gasteiger partial charge in [0.2, 0.25) is 0 Å². The molecule has 48 heavy (non-hydrogen) atoms. The molecule has 10 aromatic rings. The van der Waals surface area contributed by atoms with Crippen LogP contribution in [0.3, 0.4) is 0 Å². The van der Waals surface area contributed by atoms with Crippen LogP contribution in [0.4, 0.5) is 0 Å². The van der Waals surface area contributed by atoms with Gasteiger partial charge in [0.05, 0.1) is 16.7 Å². The van der Waals surface area contributed by atoms with Crippen LogP contribution in [0.2, 0.25) is 0 Å². The van der Waals surface area contributed by atoms with Gasteiger partial charge in [-0.3, -0.25) is 0 Å². The molecule has 5 heteroatoms. The molecule has 13 rings (SSSR count). The molecule has 3 aliphatic rings. The zero-order valence-corrected chi connectivity index (χ0v) is 26.3. The summed E-state index contributed by atoms with van der Waals surface area (Å²) in [6.07, 6.45) is 0. The van der Waals surface area contributed by atoms with Crippen LogP contribution >= 0.6 is 0 Å². The van der Waals surface area contributed by atoms with E-state index in [0.29, 0.717) is 0 Å². The zero-order chi connectivity index (χ0) is 31.2. The molecule has 0 spiro atoms. The number of rotatable bonds is 0. The third-order valence-corrected chi connectivity index (χ3v) is 11.9. The Balaban J connectivity index is 1.33. The summed E-state index contributed by atoms with van der Waals surface area (Å²) in [5, 5.41) is 5.93. The summed E-state index contributed by atoms with van der Waals surface area (Å²) < 4.78 is 18.8. The van der Waals surface area contributed by atoms with Crippen LogP contribution in [-0.4, -0.2) is 15.9 Å². The van der Waals surface area contributed by atoms with Crippen molar-refractivity contribution < 1.29 is 8.83 Å². The van der Waals surface area contributed by atoms with Crippen molar-refractivity contribution >= 4 is 83.6 Å². The van der Waals surface area contributed by atoms with Crippen LogP contribution in [0.1, 0.15) is 25.0 Å². The molecule has 0 amide bonds. The van der Waals surface area contributed by atoms with E-state index in [1.165, 1.54) is 66.5 Å². The topological polar surface area (TPSA) is 36.1 Å². The van der Waals surface area contributed by atoms with Crippen molar-refractivity contribution in [3.63, 3.8) is 0 Å². The van der Waals surface area contributed by atoms with Gasteiger partial charge in [0.25, 0.3) is 0 Å². The smallest absolute Gasteiger partial charge is 0.333 e. The van der Waals surface area contributed by atoms with Gasteiger partial charge >= 0.3 is 6.85 Å². The number of hydrogen-bond acceptors (Lipinski definition) is 2. The fourth-order valence-electron chi connectivity index (χ4n) is 10.1. The van der Waals surface area contributed by atoms with E-state index in [1.807, 2.05) is 0 Å². The average Bonchev–Trinajstić information content (AvgIpc) is 3.90. The molecule has 4 nitrogen and oxygen atoms in total. The Hall–Kier alpha value is -5.94. The van der Waals surface area contributed by atoms with Crippen LogP contribution in [0.5, 0.6) is 0 Å². The highest BCUT2D eigenvalue weighted by Crippen LogP contribution is 2.55. The van der Waals surface area contributed by atoms with E-state index >= 15 is 0 Å². The largest absolute Gasteiger partial charge is 0.455 e. The summed E-state index contributed by atoms with van der Waals surface area (Å²) >= 11 is 0. The quantitative estimate of drug-likeness (QED) is 0.160. The summed E-state index contributed by atoms with van der Waals surface area (Å²) in [6, 6.07) is 42.1. The van der Waals surface area contributed by atoms with Crippen molar-refractivity contribution in [2.24, 2.45) is 0 Å². The lowest BCUT2D eigenvalue weighted by Crippen LogP contribution is -2.55. The van der Waals surface area contributed by atoms with Crippen molar-refractivity contribution in [3.05, 3.63) is 126 Å². The highest BCUT2D eigenvalue weighted by atomic mass is 16.3. The van der Waals surface area contributed by atoms with Gasteiger partial charge in [-0.1, -0.05) is 98.8 Å². The number of hydrogen-bond donors (Lipinski definition) is 0. The lowest BCUT2D eigenvalue weighted by molar-refractivity contribution is 0.666. The SMILES string of the molecule is CC1(C)c2ccccc2-c2c1c1cccc3c1n2-c1cc2c(oc4ccccc42)c2c1B3n1c3c-2cccc3c2oc3ccccc3c21. The molecule has 0 atom stereocenters. The van der Waals surface area contributed by atoms with Crippen molar-refractivity contribution in [2.45, 2.75) is 19.3 Å². The standard InChI is InChI=1S/C43H25BN2O2/c1-43(2)29-17-6-3-12-23(29)39-35(43)26-15-10-18-30-38(26)45(39)31-21-28-22-11-4-7-19-32(22)47-41(28)34-25-14-9-16-27-37(25)46(44(30)36(31)34)40-24-13-5-8-20-33(24)48-42(27)40/h3-21H,1-2H3. The predicted octanol–water partition coefficient (Wildman–Crippen LogP) is 9.64. The van der Waals surface area contributed by atoms with E-state index < -0.39 is 0 Å². The number of benzene rings is 6. The van der Waals surface area contributed by atoms with E-state index in [2.05, 4.69) is 138 Å². The van der Waals surface area contributed by atoms with Gasteiger partial charge in [-0.15, -0.1) is 0 Å². The molecule has 0 radical (unpaired) electrons. The van der Waals surface area contributed by atoms with Gasteiger partial charge in [-0.25, -0.2) is 0 Å². The Kier molecular flexibility index (Phi) is 3.85. The third-order valence-electron chi connectivity index (χ3n) is 11.9. The molecule has 0 saturated heterocycles. The highest BCUT2D eigenvalue weighted by molar-refractivity contribution is 6.90. The Bertz CT molecular complexity index is 3160. The first-order valence-corrected chi connectivity index (χ1v) is 16.8. The molecular formula is C43H25BN2O2. The van der Waals surface area contributed by atoms with E-state index in [0.717, 1.165) is 49.4 Å². The minimum Gasteiger partial charge on any atom is -0.455 e. The van der Waals surface area contributed by atoms with Gasteiger partial charge in [0, 0.05) is 60.2 Å². The van der Waals surface area contributed by atoms with E-state index in [1.54, 1.807) is 0 Å². The number of aromatic nitrogens is 2. The van der Waals surface area contributed by atoms with Crippen LogP contribution in [0.15, 0.2) is 124 Å². The normalized spacial score (nSPS) is 15.0. The lowest BCUT2D eigenvalue weighted by atomic mass is 9.45. The summed E-state index contributed by atoms with van der Waals surface area (Å²) in [5.74, 6) is 0. The molecule has 222 valence electrons. The van der Waals surface area contributed by atoms with Crippen molar-refractivity contribution in [1.29, 1.82) is 0 Å². The van der Waals surface area contributed by atoms with Crippen LogP contribution in [0, 0.1) is 0 Å². The van der Waals surface area contributed by atoms with Gasteiger partial charge in [-0.2, -0.15) is 0 Å². The van der Waals surface area contributed by atoms with E-state index in [4.69, 9.17) is 8.83 Å². The first-order valence-electron chi connectivity index (χ1n) is 16.8. The number of para-hydroxylation sites is 4. The Morgan fingerprint density at radius 3 is 2.17 bits per heavy atom. The molecule has 0 N–H and O–H groups in total. The van der Waals surface area contributed by atoms with E-state index in [9.17, 15) is 0 Å². The van der Waals surface area contributed by atoms with Crippen molar-refractivity contribution in [2.75, 3.05) is 0 Å². The summed E-state index contributed by atoms with van der Waals surface area (Å²) in [5.41, 5.74) is 19.0. The Morgan fingerprint density at radius 2 is 1.27 bits per heavy atom. The number of fused-ring (bicyclic) bond motifs is 18. The van der Waals surface area contributed by atoms with Crippen molar-refractivity contribution in [1.82, 2.24) is 9.05 Å². The van der Waals surface area contributed by atoms with Gasteiger partial charge in [-0.05, 0) is 52.4 Å². The highest BCUT2D eigenvalue weighted by Gasteiger charge is 2.47. The number of nitrogens with zero attached hydrogens (tertiary/aromatic N) is 2. The Labute approximate surface area is 274 Å². The van der Waals surface area contributed by atoms with Crippen LogP contribution in [0.25, 0.3) is 93.9 Å². The minimum absolute atomic E-state index is 0.0619. The first kappa shape index (κ1) is 24.3. The lowest BCUT2D eigenvalue weighted by Gasteiger charge is -2.34. The first-order chi connectivity index (χ1) is 23.6. The van der Waals surface area contributed by atoms with Gasteiger partial charge in [0.15, 0.2) is 5.58 Å². The zero-order valence-electron chi connectivity index (χ0n) is 26.3. The molecule has 0 fully saturated rings. The molecule has 1 aliphatic carbocycles. The fraction of sp³-hybridized carbons (Fsp3) is 0.0698. The average molecular weight is 612 g/mol. The van der Waals surface area contributed by atoms with Crippen molar-refractivity contribution in [3.8, 4) is 28.1 Å². The minimum atomic E-state index is -0.138. The molecule has 0 unspecified atom stereocenters. The monoisotopic (exact) mass is 612 g/mol. The summed E-state index contributed by atoms with van der Waals surface area (Å²) in [6.45, 7) is 4.73. The summed E-state index contributed by atoms with van der Waals surface area (Å²) in [7, 11) is 0. The maximum Gasteiger partial charge on any atom is 0.333 e. The molecule has 4 aromatic heterocycles. The molecule has 2 aliphatic heterocycles. The maximum absolute atomic E-state index is 6.88. The maximum atomic E-state index is 6.88. The molecule has 0 saturated carbocycles. The third kappa shape index (κ3) is 2.42. The molecular weight excluding hydrogens is 587 g/mol. The predicted molar refractivity (Wildman–Crippen MR) is 197 cm³/mol. The van der Waals surface area contributed by atoms with Crippen LogP contribution in [-0.2, 0) is 5.41 Å². The summed E-state index contributed by atoms with van der Waals surface area (Å²) in [4.78, 5) is 0. The van der Waals surface area contributed by atoms with Gasteiger partial charge < -0.3 is 17.9 Å². The fourth-order valence-corrected chi connectivity index (χ4v) is 10.1. The van der Waals surface area contributed by atoms with Crippen LogP contribution < -0.4 is 10.9 Å². The molecule has 6 aromatic carbocycles. The molecule has 0 bridgehead atoms. The van der Waals surface area contributed by atoms with Gasteiger partial charge in [0.1, 0.15) is 16.7 Å².